The van der Waals surface area contributed by atoms with Crippen molar-refractivity contribution in [3.8, 4) is 11.3 Å². The van der Waals surface area contributed by atoms with E-state index in [4.69, 9.17) is 4.98 Å². The molecule has 1 aliphatic heterocycles. The number of carbonyl (C=O) groups excluding carboxylic acids is 1. The van der Waals surface area contributed by atoms with E-state index in [2.05, 4.69) is 15.3 Å². The zero-order valence-corrected chi connectivity index (χ0v) is 21.1. The lowest BCUT2D eigenvalue weighted by Crippen LogP contribution is -2.25. The molecule has 3 heterocycles. The Labute approximate surface area is 205 Å². The van der Waals surface area contributed by atoms with Crippen molar-refractivity contribution in [2.24, 2.45) is 18.0 Å². The highest BCUT2D eigenvalue weighted by Crippen LogP contribution is 2.40. The summed E-state index contributed by atoms with van der Waals surface area (Å²) in [6, 6.07) is 7.41. The highest BCUT2D eigenvalue weighted by Gasteiger charge is 2.30. The summed E-state index contributed by atoms with van der Waals surface area (Å²) >= 11 is 0. The molecule has 1 fully saturated rings. The van der Waals surface area contributed by atoms with Crippen LogP contribution < -0.4 is 9.62 Å². The SMILES string of the molecule is CC1=Nc2c(Nc3ccc(-c4cn(C)cn4)cc3N(C)S(C)(=O)=O)cc(CC(=O)C3CC3)nc2C1. The maximum absolute atomic E-state index is 12.5. The van der Waals surface area contributed by atoms with E-state index >= 15 is 0 Å². The van der Waals surface area contributed by atoms with Crippen LogP contribution in [0, 0.1) is 5.92 Å². The van der Waals surface area contributed by atoms with Gasteiger partial charge < -0.3 is 9.88 Å². The Balaban J connectivity index is 1.57. The second-order valence-electron chi connectivity index (χ2n) is 9.41. The minimum Gasteiger partial charge on any atom is -0.352 e. The first-order chi connectivity index (χ1) is 16.6. The van der Waals surface area contributed by atoms with Crippen molar-refractivity contribution in [1.82, 2.24) is 14.5 Å². The number of nitrogens with zero attached hydrogens (tertiary/aromatic N) is 5. The average Bonchev–Trinajstić information content (AvgIpc) is 3.45. The number of ketones is 1. The number of imidazole rings is 1. The summed E-state index contributed by atoms with van der Waals surface area (Å²) < 4.78 is 28.0. The molecule has 0 saturated heterocycles. The number of carbonyl (C=O) groups is 1. The molecule has 0 atom stereocenters. The Morgan fingerprint density at radius 2 is 2.00 bits per heavy atom. The van der Waals surface area contributed by atoms with Crippen LogP contribution in [-0.2, 0) is 34.7 Å². The van der Waals surface area contributed by atoms with Crippen LogP contribution in [0.3, 0.4) is 0 Å². The molecular weight excluding hydrogens is 464 g/mol. The Morgan fingerprint density at radius 1 is 1.23 bits per heavy atom. The van der Waals surface area contributed by atoms with Gasteiger partial charge in [-0.3, -0.25) is 19.1 Å². The minimum absolute atomic E-state index is 0.161. The number of anilines is 3. The number of sulfonamides is 1. The first-order valence-electron chi connectivity index (χ1n) is 11.5. The number of rotatable bonds is 8. The zero-order valence-electron chi connectivity index (χ0n) is 20.2. The number of aryl methyl sites for hydroxylation is 1. The number of aliphatic imine (C=N–C) groups is 1. The van der Waals surface area contributed by atoms with Crippen molar-refractivity contribution in [3.05, 3.63) is 48.2 Å². The fourth-order valence-electron chi connectivity index (χ4n) is 4.23. The van der Waals surface area contributed by atoms with Crippen LogP contribution in [0.25, 0.3) is 11.3 Å². The number of hydrogen-bond acceptors (Lipinski definition) is 7. The number of pyridine rings is 1. The Hall–Kier alpha value is -3.53. The molecule has 0 radical (unpaired) electrons. The molecule has 1 aromatic carbocycles. The summed E-state index contributed by atoms with van der Waals surface area (Å²) in [4.78, 5) is 26.2. The fraction of sp³-hybridized carbons (Fsp3) is 0.360. The third kappa shape index (κ3) is 4.84. The van der Waals surface area contributed by atoms with Gasteiger partial charge in [-0.05, 0) is 38.0 Å². The van der Waals surface area contributed by atoms with Gasteiger partial charge in [0.2, 0.25) is 10.0 Å². The van der Waals surface area contributed by atoms with E-state index in [1.54, 1.807) is 12.4 Å². The van der Waals surface area contributed by atoms with Gasteiger partial charge in [0.25, 0.3) is 0 Å². The maximum Gasteiger partial charge on any atom is 0.232 e. The molecule has 2 aromatic heterocycles. The van der Waals surface area contributed by atoms with Gasteiger partial charge in [-0.25, -0.2) is 13.4 Å². The molecule has 10 heteroatoms. The average molecular weight is 493 g/mol. The Bertz CT molecular complexity index is 1470. The molecule has 1 aliphatic carbocycles. The maximum atomic E-state index is 12.5. The van der Waals surface area contributed by atoms with Gasteiger partial charge in [0.15, 0.2) is 0 Å². The first kappa shape index (κ1) is 23.2. The van der Waals surface area contributed by atoms with Crippen LogP contribution >= 0.6 is 0 Å². The predicted molar refractivity (Wildman–Crippen MR) is 137 cm³/mol. The molecule has 5 rings (SSSR count). The van der Waals surface area contributed by atoms with Gasteiger partial charge in [-0.2, -0.15) is 0 Å². The molecule has 35 heavy (non-hydrogen) atoms. The minimum atomic E-state index is -3.53. The van der Waals surface area contributed by atoms with Crippen LogP contribution in [-0.4, -0.2) is 47.8 Å². The molecule has 3 aromatic rings. The second-order valence-corrected chi connectivity index (χ2v) is 11.4. The molecule has 1 N–H and O–H groups in total. The van der Waals surface area contributed by atoms with E-state index in [9.17, 15) is 13.2 Å². The van der Waals surface area contributed by atoms with Crippen molar-refractivity contribution in [1.29, 1.82) is 0 Å². The number of Topliss-reactive ketones (excluding diaryl/α,β-unsaturated/α-hetero) is 1. The zero-order chi connectivity index (χ0) is 24.9. The van der Waals surface area contributed by atoms with Crippen LogP contribution in [0.5, 0.6) is 0 Å². The quantitative estimate of drug-likeness (QED) is 0.512. The monoisotopic (exact) mass is 492 g/mol. The van der Waals surface area contributed by atoms with E-state index in [1.807, 2.05) is 42.9 Å². The molecule has 2 aliphatic rings. The molecule has 0 bridgehead atoms. The number of benzene rings is 1. The number of nitrogens with one attached hydrogen (secondary N) is 1. The van der Waals surface area contributed by atoms with E-state index in [0.29, 0.717) is 35.6 Å². The van der Waals surface area contributed by atoms with Crippen LogP contribution in [0.1, 0.15) is 31.2 Å². The van der Waals surface area contributed by atoms with E-state index in [-0.39, 0.29) is 11.7 Å². The second kappa shape index (κ2) is 8.60. The van der Waals surface area contributed by atoms with E-state index in [0.717, 1.165) is 41.2 Å². The van der Waals surface area contributed by atoms with E-state index < -0.39 is 10.0 Å². The van der Waals surface area contributed by atoms with Crippen molar-refractivity contribution in [3.63, 3.8) is 0 Å². The normalized spacial score (nSPS) is 15.0. The van der Waals surface area contributed by atoms with Crippen molar-refractivity contribution < 1.29 is 13.2 Å². The summed E-state index contributed by atoms with van der Waals surface area (Å²) in [6.07, 6.45) is 7.59. The van der Waals surface area contributed by atoms with Gasteiger partial charge in [-0.15, -0.1) is 0 Å². The first-order valence-corrected chi connectivity index (χ1v) is 13.4. The smallest absolute Gasteiger partial charge is 0.232 e. The molecule has 0 amide bonds. The summed E-state index contributed by atoms with van der Waals surface area (Å²) in [5.41, 5.74) is 6.54. The predicted octanol–water partition coefficient (Wildman–Crippen LogP) is 3.79. The molecule has 1 saturated carbocycles. The van der Waals surface area contributed by atoms with Crippen LogP contribution in [0.4, 0.5) is 22.7 Å². The highest BCUT2D eigenvalue weighted by atomic mass is 32.2. The summed E-state index contributed by atoms with van der Waals surface area (Å²) in [5.74, 6) is 0.379. The Morgan fingerprint density at radius 3 is 2.66 bits per heavy atom. The van der Waals surface area contributed by atoms with Gasteiger partial charge >= 0.3 is 0 Å². The summed E-state index contributed by atoms with van der Waals surface area (Å²) in [7, 11) is -0.120. The molecular formula is C25H28N6O3S. The topological polar surface area (TPSA) is 110 Å². The van der Waals surface area contributed by atoms with E-state index in [1.165, 1.54) is 17.6 Å². The fourth-order valence-corrected chi connectivity index (χ4v) is 4.73. The third-order valence-corrected chi connectivity index (χ3v) is 7.53. The largest absolute Gasteiger partial charge is 0.352 e. The standard InChI is InChI=1S/C25H28N6O3S/c1-15-9-20-25(27-15)21(11-18(28-20)12-24(32)16-5-6-16)29-19-8-7-17(22-13-30(2)14-26-22)10-23(19)31(3)35(4,33)34/h7-8,10-11,13-14,16H,5-6,9,12H2,1-4H3,(H,28,29). The number of fused-ring (bicyclic) bond motifs is 1. The summed E-state index contributed by atoms with van der Waals surface area (Å²) in [5, 5.41) is 3.40. The van der Waals surface area contributed by atoms with Crippen molar-refractivity contribution >= 4 is 44.3 Å². The van der Waals surface area contributed by atoms with Gasteiger partial charge in [0.1, 0.15) is 11.5 Å². The molecule has 0 spiro atoms. The summed E-state index contributed by atoms with van der Waals surface area (Å²) in [6.45, 7) is 1.95. The van der Waals surface area contributed by atoms with Gasteiger partial charge in [0, 0.05) is 50.3 Å². The molecule has 0 unspecified atom stereocenters. The number of hydrogen-bond donors (Lipinski definition) is 1. The lowest BCUT2D eigenvalue weighted by Gasteiger charge is -2.22. The van der Waals surface area contributed by atoms with Crippen molar-refractivity contribution in [2.45, 2.75) is 32.6 Å². The molecule has 182 valence electrons. The lowest BCUT2D eigenvalue weighted by molar-refractivity contribution is -0.119. The van der Waals surface area contributed by atoms with Gasteiger partial charge in [0.05, 0.1) is 46.7 Å². The highest BCUT2D eigenvalue weighted by molar-refractivity contribution is 7.92. The lowest BCUT2D eigenvalue weighted by atomic mass is 10.1. The van der Waals surface area contributed by atoms with Crippen molar-refractivity contribution in [2.75, 3.05) is 22.9 Å². The number of aromatic nitrogens is 3. The van der Waals surface area contributed by atoms with Crippen LogP contribution in [0.2, 0.25) is 0 Å². The van der Waals surface area contributed by atoms with Gasteiger partial charge in [-0.1, -0.05) is 6.07 Å². The van der Waals surface area contributed by atoms with Crippen LogP contribution in [0.15, 0.2) is 41.8 Å². The Kier molecular flexibility index (Phi) is 5.71. The molecule has 9 nitrogen and oxygen atoms in total. The third-order valence-electron chi connectivity index (χ3n) is 6.34.